The molecule has 0 fully saturated rings. The number of carbonyl (C=O) groups excluding carboxylic acids is 1. The third kappa shape index (κ3) is 5.51. The van der Waals surface area contributed by atoms with E-state index in [9.17, 15) is 4.79 Å². The lowest BCUT2D eigenvalue weighted by Crippen LogP contribution is -2.34. The van der Waals surface area contributed by atoms with Crippen LogP contribution in [0.25, 0.3) is 0 Å². The van der Waals surface area contributed by atoms with E-state index in [0.717, 1.165) is 30.2 Å². The molecule has 1 aromatic rings. The van der Waals surface area contributed by atoms with Crippen LogP contribution in [-0.2, 0) is 0 Å². The molecular weight excluding hydrogens is 258 g/mol. The van der Waals surface area contributed by atoms with Crippen molar-refractivity contribution < 1.29 is 4.79 Å². The van der Waals surface area contributed by atoms with Gasteiger partial charge < -0.3 is 10.6 Å². The first kappa shape index (κ1) is 15.8. The summed E-state index contributed by atoms with van der Waals surface area (Å²) in [4.78, 5) is 16.3. The van der Waals surface area contributed by atoms with Crippen molar-refractivity contribution >= 4 is 23.4 Å². The maximum atomic E-state index is 12.2. The van der Waals surface area contributed by atoms with Crippen LogP contribution in [0.4, 0.5) is 5.69 Å². The zero-order valence-electron chi connectivity index (χ0n) is 11.9. The molecular formula is C14H23N3OS. The third-order valence-corrected chi connectivity index (χ3v) is 3.72. The normalized spacial score (nSPS) is 11.9. The van der Waals surface area contributed by atoms with Crippen molar-refractivity contribution in [3.8, 4) is 0 Å². The minimum Gasteiger partial charge on any atom is -0.383 e. The van der Waals surface area contributed by atoms with Gasteiger partial charge in [-0.15, -0.1) is 0 Å². The molecule has 0 saturated carbocycles. The second-order valence-corrected chi connectivity index (χ2v) is 5.70. The maximum Gasteiger partial charge on any atom is 0.253 e. The lowest BCUT2D eigenvalue weighted by atomic mass is 10.2. The van der Waals surface area contributed by atoms with Crippen molar-refractivity contribution in [3.63, 3.8) is 0 Å². The van der Waals surface area contributed by atoms with Crippen LogP contribution < -0.4 is 10.6 Å². The molecule has 0 bridgehead atoms. The summed E-state index contributed by atoms with van der Waals surface area (Å²) in [5.74, 6) is 1.97. The number of pyridine rings is 1. The number of rotatable bonds is 8. The zero-order valence-corrected chi connectivity index (χ0v) is 12.7. The van der Waals surface area contributed by atoms with Crippen LogP contribution in [0.15, 0.2) is 18.5 Å². The molecule has 1 heterocycles. The van der Waals surface area contributed by atoms with E-state index in [-0.39, 0.29) is 11.9 Å². The predicted octanol–water partition coefficient (Wildman–Crippen LogP) is 2.77. The van der Waals surface area contributed by atoms with E-state index in [4.69, 9.17) is 0 Å². The van der Waals surface area contributed by atoms with Gasteiger partial charge in [0.2, 0.25) is 0 Å². The number of carbonyl (C=O) groups is 1. The summed E-state index contributed by atoms with van der Waals surface area (Å²) in [5, 5.41) is 6.25. The monoisotopic (exact) mass is 281 g/mol. The third-order valence-electron chi connectivity index (χ3n) is 2.58. The fourth-order valence-corrected chi connectivity index (χ4v) is 2.30. The Kier molecular flexibility index (Phi) is 7.33. The van der Waals surface area contributed by atoms with E-state index in [2.05, 4.69) is 29.5 Å². The van der Waals surface area contributed by atoms with Crippen LogP contribution in [-0.4, -0.2) is 35.0 Å². The van der Waals surface area contributed by atoms with Crippen molar-refractivity contribution in [2.45, 2.75) is 33.2 Å². The van der Waals surface area contributed by atoms with Gasteiger partial charge in [-0.25, -0.2) is 0 Å². The molecule has 1 unspecified atom stereocenters. The SMILES string of the molecule is CCCNc1cnccc1C(=O)NC(C)CSCC. The Hall–Kier alpha value is -1.23. The highest BCUT2D eigenvalue weighted by molar-refractivity contribution is 7.99. The van der Waals surface area contributed by atoms with Gasteiger partial charge in [0, 0.05) is 24.5 Å². The second-order valence-electron chi connectivity index (χ2n) is 4.38. The van der Waals surface area contributed by atoms with E-state index in [1.807, 2.05) is 18.7 Å². The number of hydrogen-bond donors (Lipinski definition) is 2. The van der Waals surface area contributed by atoms with Crippen LogP contribution in [0.2, 0.25) is 0 Å². The summed E-state index contributed by atoms with van der Waals surface area (Å²) in [6.45, 7) is 7.08. The van der Waals surface area contributed by atoms with E-state index in [1.54, 1.807) is 18.5 Å². The molecule has 19 heavy (non-hydrogen) atoms. The lowest BCUT2D eigenvalue weighted by Gasteiger charge is -2.15. The van der Waals surface area contributed by atoms with Crippen LogP contribution in [0.3, 0.4) is 0 Å². The zero-order chi connectivity index (χ0) is 14.1. The number of anilines is 1. The van der Waals surface area contributed by atoms with Crippen LogP contribution in [0.5, 0.6) is 0 Å². The van der Waals surface area contributed by atoms with Gasteiger partial charge in [0.05, 0.1) is 17.4 Å². The highest BCUT2D eigenvalue weighted by Gasteiger charge is 2.13. The fraction of sp³-hybridized carbons (Fsp3) is 0.571. The summed E-state index contributed by atoms with van der Waals surface area (Å²) in [5.41, 5.74) is 1.47. The number of nitrogens with one attached hydrogen (secondary N) is 2. The Morgan fingerprint density at radius 1 is 1.47 bits per heavy atom. The number of nitrogens with zero attached hydrogens (tertiary/aromatic N) is 1. The van der Waals surface area contributed by atoms with Crippen LogP contribution in [0.1, 0.15) is 37.6 Å². The van der Waals surface area contributed by atoms with E-state index in [1.165, 1.54) is 0 Å². The van der Waals surface area contributed by atoms with Crippen molar-refractivity contribution in [2.24, 2.45) is 0 Å². The molecule has 0 radical (unpaired) electrons. The predicted molar refractivity (Wildman–Crippen MR) is 82.9 cm³/mol. The summed E-state index contributed by atoms with van der Waals surface area (Å²) < 4.78 is 0. The standard InChI is InChI=1S/C14H23N3OS/c1-4-7-16-13-9-15-8-6-12(13)14(18)17-11(3)10-19-5-2/h6,8-9,11,16H,4-5,7,10H2,1-3H3,(H,17,18). The first-order valence-electron chi connectivity index (χ1n) is 6.75. The second kappa shape index (κ2) is 8.80. The molecule has 2 N–H and O–H groups in total. The molecule has 0 saturated heterocycles. The van der Waals surface area contributed by atoms with Gasteiger partial charge in [-0.1, -0.05) is 13.8 Å². The van der Waals surface area contributed by atoms with Crippen LogP contribution in [0, 0.1) is 0 Å². The molecule has 1 aromatic heterocycles. The quantitative estimate of drug-likeness (QED) is 0.769. The summed E-state index contributed by atoms with van der Waals surface area (Å²) in [7, 11) is 0. The van der Waals surface area contributed by atoms with E-state index in [0.29, 0.717) is 5.56 Å². The minimum absolute atomic E-state index is 0.0368. The highest BCUT2D eigenvalue weighted by atomic mass is 32.2. The molecule has 1 rings (SSSR count). The Bertz CT molecular complexity index is 398. The van der Waals surface area contributed by atoms with E-state index >= 15 is 0 Å². The van der Waals surface area contributed by atoms with Gasteiger partial charge in [0.1, 0.15) is 0 Å². The molecule has 106 valence electrons. The maximum absolute atomic E-state index is 12.2. The van der Waals surface area contributed by atoms with Crippen molar-refractivity contribution in [1.82, 2.24) is 10.3 Å². The van der Waals surface area contributed by atoms with Gasteiger partial charge >= 0.3 is 0 Å². The van der Waals surface area contributed by atoms with Crippen molar-refractivity contribution in [2.75, 3.05) is 23.4 Å². The number of thioether (sulfide) groups is 1. The molecule has 0 aliphatic rings. The van der Waals surface area contributed by atoms with Crippen LogP contribution >= 0.6 is 11.8 Å². The van der Waals surface area contributed by atoms with E-state index < -0.39 is 0 Å². The molecule has 0 aliphatic heterocycles. The topological polar surface area (TPSA) is 54.0 Å². The molecule has 1 atom stereocenters. The van der Waals surface area contributed by atoms with Crippen molar-refractivity contribution in [3.05, 3.63) is 24.0 Å². The smallest absolute Gasteiger partial charge is 0.253 e. The van der Waals surface area contributed by atoms with Gasteiger partial charge in [-0.05, 0) is 25.2 Å². The fourth-order valence-electron chi connectivity index (χ4n) is 1.63. The van der Waals surface area contributed by atoms with Gasteiger partial charge in [-0.2, -0.15) is 11.8 Å². The highest BCUT2D eigenvalue weighted by Crippen LogP contribution is 2.13. The van der Waals surface area contributed by atoms with Crippen molar-refractivity contribution in [1.29, 1.82) is 0 Å². The average molecular weight is 281 g/mol. The number of aromatic nitrogens is 1. The molecule has 0 aromatic carbocycles. The summed E-state index contributed by atoms with van der Waals surface area (Å²) in [6.07, 6.45) is 4.37. The first-order valence-corrected chi connectivity index (χ1v) is 7.91. The molecule has 0 aliphatic carbocycles. The Morgan fingerprint density at radius 2 is 2.26 bits per heavy atom. The number of amides is 1. The molecule has 1 amide bonds. The van der Waals surface area contributed by atoms with Gasteiger partial charge in [-0.3, -0.25) is 9.78 Å². The molecule has 5 heteroatoms. The Morgan fingerprint density at radius 3 is 2.95 bits per heavy atom. The largest absolute Gasteiger partial charge is 0.383 e. The average Bonchev–Trinajstić information content (AvgIpc) is 2.43. The number of hydrogen-bond acceptors (Lipinski definition) is 4. The molecule has 0 spiro atoms. The lowest BCUT2D eigenvalue weighted by molar-refractivity contribution is 0.0944. The van der Waals surface area contributed by atoms with Gasteiger partial charge in [0.25, 0.3) is 5.91 Å². The first-order chi connectivity index (χ1) is 9.19. The minimum atomic E-state index is -0.0368. The Balaban J connectivity index is 2.65. The summed E-state index contributed by atoms with van der Waals surface area (Å²) >= 11 is 1.83. The van der Waals surface area contributed by atoms with Gasteiger partial charge in [0.15, 0.2) is 0 Å². The molecule has 4 nitrogen and oxygen atoms in total. The Labute approximate surface area is 119 Å². The summed E-state index contributed by atoms with van der Waals surface area (Å²) in [6, 6.07) is 1.93.